The fourth-order valence-corrected chi connectivity index (χ4v) is 6.08. The van der Waals surface area contributed by atoms with Gasteiger partial charge in [-0.1, -0.05) is 36.4 Å². The Labute approximate surface area is 225 Å². The number of aromatic nitrogens is 1. The second-order valence-electron chi connectivity index (χ2n) is 9.61. The fourth-order valence-electron chi connectivity index (χ4n) is 5.08. The zero-order valence-electron chi connectivity index (χ0n) is 21.1. The van der Waals surface area contributed by atoms with Gasteiger partial charge in [0, 0.05) is 42.4 Å². The highest BCUT2D eigenvalue weighted by Crippen LogP contribution is 2.36. The zero-order valence-corrected chi connectivity index (χ0v) is 21.9. The maximum atomic E-state index is 13.6. The normalized spacial score (nSPS) is 22.3. The fraction of sp³-hybridized carbons (Fsp3) is 0.345. The first-order valence-corrected chi connectivity index (χ1v) is 13.9. The smallest absolute Gasteiger partial charge is 0.266 e. The molecule has 2 amide bonds. The molecular formula is C29H30N4O4S. The van der Waals surface area contributed by atoms with Gasteiger partial charge in [-0.15, -0.1) is 0 Å². The van der Waals surface area contributed by atoms with E-state index in [0.29, 0.717) is 42.9 Å². The molecule has 0 saturated carbocycles. The molecule has 2 aromatic carbocycles. The molecule has 3 saturated heterocycles. The lowest BCUT2D eigenvalue weighted by molar-refractivity contribution is -0.135. The molecule has 1 atom stereocenters. The summed E-state index contributed by atoms with van der Waals surface area (Å²) in [6.45, 7) is 3.85. The van der Waals surface area contributed by atoms with Crippen molar-refractivity contribution in [1.29, 1.82) is 0 Å². The summed E-state index contributed by atoms with van der Waals surface area (Å²) in [5.41, 5.74) is 2.68. The van der Waals surface area contributed by atoms with Gasteiger partial charge < -0.3 is 18.9 Å². The van der Waals surface area contributed by atoms with Crippen LogP contribution in [0.15, 0.2) is 70.7 Å². The quantitative estimate of drug-likeness (QED) is 0.445. The summed E-state index contributed by atoms with van der Waals surface area (Å²) < 4.78 is 13.2. The molecule has 1 aromatic heterocycles. The van der Waals surface area contributed by atoms with E-state index in [1.807, 2.05) is 76.3 Å². The van der Waals surface area contributed by atoms with E-state index in [9.17, 15) is 9.59 Å². The summed E-state index contributed by atoms with van der Waals surface area (Å²) in [7, 11) is 0. The molecule has 6 rings (SSSR count). The molecule has 38 heavy (non-hydrogen) atoms. The molecule has 0 bridgehead atoms. The Bertz CT molecular complexity index is 1390. The van der Waals surface area contributed by atoms with Gasteiger partial charge in [0.15, 0.2) is 5.17 Å². The molecule has 3 fully saturated rings. The van der Waals surface area contributed by atoms with E-state index in [4.69, 9.17) is 14.5 Å². The maximum absolute atomic E-state index is 13.6. The first-order valence-electron chi connectivity index (χ1n) is 13.1. The summed E-state index contributed by atoms with van der Waals surface area (Å²) in [4.78, 5) is 35.6. The second kappa shape index (κ2) is 11.1. The van der Waals surface area contributed by atoms with Gasteiger partial charge in [0.1, 0.15) is 6.54 Å². The lowest BCUT2D eigenvalue weighted by Crippen LogP contribution is -2.42. The summed E-state index contributed by atoms with van der Waals surface area (Å²) in [6, 6.07) is 17.7. The van der Waals surface area contributed by atoms with Crippen LogP contribution in [0, 0.1) is 0 Å². The Hall–Kier alpha value is -3.40. The van der Waals surface area contributed by atoms with Crippen LogP contribution in [0.1, 0.15) is 18.4 Å². The van der Waals surface area contributed by atoms with Gasteiger partial charge >= 0.3 is 0 Å². The van der Waals surface area contributed by atoms with Crippen LogP contribution in [0.2, 0.25) is 0 Å². The molecule has 3 aliphatic rings. The minimum absolute atomic E-state index is 0.0213. The lowest BCUT2D eigenvalue weighted by Gasteiger charge is -2.27. The Morgan fingerprint density at radius 3 is 2.63 bits per heavy atom. The van der Waals surface area contributed by atoms with Crippen molar-refractivity contribution in [3.05, 3.63) is 71.3 Å². The number of amidine groups is 1. The Morgan fingerprint density at radius 2 is 1.84 bits per heavy atom. The molecule has 0 aliphatic carbocycles. The number of thioether (sulfide) groups is 1. The van der Waals surface area contributed by atoms with E-state index >= 15 is 0 Å². The number of morpholine rings is 1. The van der Waals surface area contributed by atoms with Crippen molar-refractivity contribution in [2.75, 3.05) is 39.5 Å². The number of benzene rings is 2. The average molecular weight is 531 g/mol. The van der Waals surface area contributed by atoms with Gasteiger partial charge in [-0.05, 0) is 48.9 Å². The van der Waals surface area contributed by atoms with Crippen LogP contribution < -0.4 is 0 Å². The first kappa shape index (κ1) is 24.9. The van der Waals surface area contributed by atoms with Gasteiger partial charge in [-0.25, -0.2) is 4.99 Å². The van der Waals surface area contributed by atoms with Crippen LogP contribution in [0.5, 0.6) is 0 Å². The summed E-state index contributed by atoms with van der Waals surface area (Å²) in [5.74, 6) is 0.000925. The monoisotopic (exact) mass is 530 g/mol. The predicted molar refractivity (Wildman–Crippen MR) is 149 cm³/mol. The Morgan fingerprint density at radius 1 is 1.05 bits per heavy atom. The molecule has 8 nitrogen and oxygen atoms in total. The van der Waals surface area contributed by atoms with Gasteiger partial charge in [0.25, 0.3) is 5.91 Å². The summed E-state index contributed by atoms with van der Waals surface area (Å²) in [5, 5.41) is 1.66. The van der Waals surface area contributed by atoms with Crippen molar-refractivity contribution in [1.82, 2.24) is 14.4 Å². The highest BCUT2D eigenvalue weighted by Gasteiger charge is 2.36. The molecule has 4 heterocycles. The minimum atomic E-state index is -0.0681. The lowest BCUT2D eigenvalue weighted by atomic mass is 10.1. The van der Waals surface area contributed by atoms with E-state index in [2.05, 4.69) is 0 Å². The standard InChI is InChI=1S/C29H30N4O4S/c34-27(31-12-15-36-16-13-31)20-32-18-21(24-10-4-5-11-25(24)32)17-26-28(35)33(19-23-9-6-14-37-23)29(38-26)30-22-7-2-1-3-8-22/h1-5,7-8,10-11,17-18,23H,6,9,12-16,19-20H2/b26-17-,30-29?/t23-/m0/s1. The number of ether oxygens (including phenoxy) is 2. The second-order valence-corrected chi connectivity index (χ2v) is 10.6. The molecule has 3 aliphatic heterocycles. The van der Waals surface area contributed by atoms with Crippen molar-refractivity contribution in [3.63, 3.8) is 0 Å². The number of hydrogen-bond acceptors (Lipinski definition) is 6. The highest BCUT2D eigenvalue weighted by atomic mass is 32.2. The molecule has 196 valence electrons. The van der Waals surface area contributed by atoms with E-state index in [0.717, 1.165) is 41.6 Å². The van der Waals surface area contributed by atoms with Crippen LogP contribution in [0.25, 0.3) is 17.0 Å². The minimum Gasteiger partial charge on any atom is -0.378 e. The molecule has 0 N–H and O–H groups in total. The van der Waals surface area contributed by atoms with Crippen molar-refractivity contribution >= 4 is 51.4 Å². The molecule has 9 heteroatoms. The van der Waals surface area contributed by atoms with Crippen molar-refractivity contribution < 1.29 is 19.1 Å². The summed E-state index contributed by atoms with van der Waals surface area (Å²) >= 11 is 1.39. The zero-order chi connectivity index (χ0) is 25.9. The van der Waals surface area contributed by atoms with Gasteiger partial charge in [0.05, 0.1) is 36.5 Å². The SMILES string of the molecule is O=C(Cn1cc(/C=C2\SC(=Nc3ccccc3)N(C[C@@H]3CCCO3)C2=O)c2ccccc21)N1CCOCC1. The maximum Gasteiger partial charge on any atom is 0.266 e. The molecule has 3 aromatic rings. The number of carbonyl (C=O) groups excluding carboxylic acids is 2. The number of para-hydroxylation sites is 2. The largest absolute Gasteiger partial charge is 0.378 e. The highest BCUT2D eigenvalue weighted by molar-refractivity contribution is 8.18. The topological polar surface area (TPSA) is 76.4 Å². The van der Waals surface area contributed by atoms with E-state index in [-0.39, 0.29) is 24.5 Å². The molecule has 0 unspecified atom stereocenters. The summed E-state index contributed by atoms with van der Waals surface area (Å²) in [6.07, 6.45) is 5.88. The molecule has 0 spiro atoms. The third-order valence-corrected chi connectivity index (χ3v) is 8.06. The number of carbonyl (C=O) groups is 2. The first-order chi connectivity index (χ1) is 18.7. The van der Waals surface area contributed by atoms with Gasteiger partial charge in [-0.2, -0.15) is 0 Å². The van der Waals surface area contributed by atoms with Gasteiger partial charge in [-0.3, -0.25) is 14.5 Å². The number of fused-ring (bicyclic) bond motifs is 1. The van der Waals surface area contributed by atoms with E-state index < -0.39 is 0 Å². The van der Waals surface area contributed by atoms with Crippen LogP contribution in [0.3, 0.4) is 0 Å². The number of aliphatic imine (C=N–C) groups is 1. The number of nitrogens with zero attached hydrogens (tertiary/aromatic N) is 4. The van der Waals surface area contributed by atoms with Crippen molar-refractivity contribution in [2.24, 2.45) is 4.99 Å². The van der Waals surface area contributed by atoms with Crippen molar-refractivity contribution in [3.8, 4) is 0 Å². The average Bonchev–Trinajstić information content (AvgIpc) is 3.66. The Balaban J connectivity index is 1.31. The van der Waals surface area contributed by atoms with Crippen LogP contribution in [0.4, 0.5) is 5.69 Å². The number of hydrogen-bond donors (Lipinski definition) is 0. The van der Waals surface area contributed by atoms with Crippen molar-refractivity contribution in [2.45, 2.75) is 25.5 Å². The third-order valence-electron chi connectivity index (χ3n) is 7.05. The molecular weight excluding hydrogens is 500 g/mol. The Kier molecular flexibility index (Phi) is 7.31. The predicted octanol–water partition coefficient (Wildman–Crippen LogP) is 4.28. The molecule has 0 radical (unpaired) electrons. The number of rotatable bonds is 6. The third kappa shape index (κ3) is 5.27. The van der Waals surface area contributed by atoms with Crippen LogP contribution >= 0.6 is 11.8 Å². The van der Waals surface area contributed by atoms with E-state index in [1.54, 1.807) is 4.90 Å². The van der Waals surface area contributed by atoms with Crippen LogP contribution in [-0.4, -0.2) is 76.9 Å². The van der Waals surface area contributed by atoms with Gasteiger partial charge in [0.2, 0.25) is 5.91 Å². The van der Waals surface area contributed by atoms with E-state index in [1.165, 1.54) is 11.8 Å². The number of amides is 2. The van der Waals surface area contributed by atoms with Crippen LogP contribution in [-0.2, 0) is 25.6 Å².